The zero-order valence-electron chi connectivity index (χ0n) is 16.1. The zero-order chi connectivity index (χ0) is 18.4. The van der Waals surface area contributed by atoms with Gasteiger partial charge in [0.25, 0.3) is 0 Å². The minimum atomic E-state index is -0.562. The van der Waals surface area contributed by atoms with Crippen molar-refractivity contribution in [3.05, 3.63) is 0 Å². The number of hydrogen-bond acceptors (Lipinski definition) is 6. The maximum atomic E-state index is 12.0. The maximum absolute atomic E-state index is 12.0. The smallest absolute Gasteiger partial charge is 0.219 e. The number of carbonyl (C=O) groups is 1. The normalized spacial score (nSPS) is 34.0. The summed E-state index contributed by atoms with van der Waals surface area (Å²) >= 11 is 0. The number of methoxy groups -OCH3 is 3. The topological polar surface area (TPSA) is 66.5 Å². The van der Waals surface area contributed by atoms with Crippen molar-refractivity contribution in [3.63, 3.8) is 0 Å². The van der Waals surface area contributed by atoms with Gasteiger partial charge in [-0.2, -0.15) is 0 Å². The molecule has 2 rings (SSSR count). The first kappa shape index (κ1) is 20.6. The third-order valence-electron chi connectivity index (χ3n) is 5.31. The third kappa shape index (κ3) is 4.92. The minimum absolute atomic E-state index is 0.0621. The molecule has 146 valence electrons. The molecule has 1 aliphatic heterocycles. The Morgan fingerprint density at radius 2 is 1.72 bits per heavy atom. The van der Waals surface area contributed by atoms with E-state index in [1.807, 2.05) is 0 Å². The SMILES string of the molecule is COC[C@H]1O[C@@H](OC2CCCCC2)[C@H](N(C)C(C)=O)[C@@H](OC)[C@@H]1OC. The molecule has 1 aliphatic carbocycles. The highest BCUT2D eigenvalue weighted by molar-refractivity contribution is 5.73. The predicted octanol–water partition coefficient (Wildman–Crippen LogP) is 1.58. The fourth-order valence-corrected chi connectivity index (χ4v) is 3.87. The Balaban J connectivity index is 2.24. The van der Waals surface area contributed by atoms with E-state index >= 15 is 0 Å². The molecule has 0 bridgehead atoms. The molecule has 25 heavy (non-hydrogen) atoms. The Labute approximate surface area is 150 Å². The Morgan fingerprint density at radius 3 is 2.24 bits per heavy atom. The summed E-state index contributed by atoms with van der Waals surface area (Å²) in [6.45, 7) is 1.91. The van der Waals surface area contributed by atoms with Gasteiger partial charge < -0.3 is 28.6 Å². The molecule has 0 radical (unpaired) electrons. The van der Waals surface area contributed by atoms with Crippen LogP contribution in [0.4, 0.5) is 0 Å². The molecule has 7 heteroatoms. The lowest BCUT2D eigenvalue weighted by Gasteiger charge is -2.48. The molecule has 7 nitrogen and oxygen atoms in total. The van der Waals surface area contributed by atoms with Crippen molar-refractivity contribution < 1.29 is 28.5 Å². The molecule has 0 N–H and O–H groups in total. The number of rotatable bonds is 7. The first-order valence-corrected chi connectivity index (χ1v) is 9.12. The largest absolute Gasteiger partial charge is 0.382 e. The molecule has 1 amide bonds. The monoisotopic (exact) mass is 359 g/mol. The van der Waals surface area contributed by atoms with Crippen molar-refractivity contribution in [1.29, 1.82) is 0 Å². The number of carbonyl (C=O) groups excluding carboxylic acids is 1. The molecular formula is C18H33NO6. The summed E-state index contributed by atoms with van der Waals surface area (Å²) in [5, 5.41) is 0. The molecule has 0 unspecified atom stereocenters. The highest BCUT2D eigenvalue weighted by Gasteiger charge is 2.50. The first-order valence-electron chi connectivity index (χ1n) is 9.12. The van der Waals surface area contributed by atoms with E-state index in [1.54, 1.807) is 33.3 Å². The van der Waals surface area contributed by atoms with Crippen LogP contribution in [0.25, 0.3) is 0 Å². The summed E-state index contributed by atoms with van der Waals surface area (Å²) in [4.78, 5) is 13.7. The Kier molecular flexibility index (Phi) is 8.09. The van der Waals surface area contributed by atoms with E-state index in [0.717, 1.165) is 12.8 Å². The van der Waals surface area contributed by atoms with Crippen molar-refractivity contribution in [1.82, 2.24) is 4.90 Å². The third-order valence-corrected chi connectivity index (χ3v) is 5.31. The van der Waals surface area contributed by atoms with Gasteiger partial charge in [-0.3, -0.25) is 4.79 Å². The first-order chi connectivity index (χ1) is 12.0. The van der Waals surface area contributed by atoms with Crippen LogP contribution in [-0.4, -0.2) is 82.5 Å². The number of nitrogens with zero attached hydrogens (tertiary/aromatic N) is 1. The average Bonchev–Trinajstić information content (AvgIpc) is 2.61. The number of likely N-dealkylation sites (N-methyl/N-ethyl adjacent to an activating group) is 1. The molecule has 0 aromatic rings. The van der Waals surface area contributed by atoms with E-state index in [2.05, 4.69) is 0 Å². The molecule has 0 spiro atoms. The standard InChI is InChI=1S/C18H33NO6/c1-12(20)19(2)15-17(23-5)16(22-4)14(11-21-3)25-18(15)24-13-9-7-6-8-10-13/h13-18H,6-11H2,1-5H3/t14-,15-,16-,17-,18-/m1/s1. The van der Waals surface area contributed by atoms with Crippen LogP contribution >= 0.6 is 0 Å². The molecule has 2 fully saturated rings. The number of ether oxygens (including phenoxy) is 5. The van der Waals surface area contributed by atoms with E-state index in [1.165, 1.54) is 26.2 Å². The predicted molar refractivity (Wildman–Crippen MR) is 92.3 cm³/mol. The Morgan fingerprint density at radius 1 is 1.08 bits per heavy atom. The second-order valence-corrected chi connectivity index (χ2v) is 6.92. The fourth-order valence-electron chi connectivity index (χ4n) is 3.87. The second kappa shape index (κ2) is 9.83. The van der Waals surface area contributed by atoms with Gasteiger partial charge in [0, 0.05) is 35.3 Å². The minimum Gasteiger partial charge on any atom is -0.382 e. The zero-order valence-corrected chi connectivity index (χ0v) is 16.1. The van der Waals surface area contributed by atoms with Gasteiger partial charge in [-0.25, -0.2) is 0 Å². The molecule has 2 aliphatic rings. The molecule has 0 aromatic carbocycles. The second-order valence-electron chi connectivity index (χ2n) is 6.92. The van der Waals surface area contributed by atoms with Crippen LogP contribution in [0.5, 0.6) is 0 Å². The molecule has 1 saturated carbocycles. The van der Waals surface area contributed by atoms with Crippen LogP contribution in [-0.2, 0) is 28.5 Å². The van der Waals surface area contributed by atoms with Crippen LogP contribution in [0.15, 0.2) is 0 Å². The summed E-state index contributed by atoms with van der Waals surface area (Å²) < 4.78 is 29.2. The van der Waals surface area contributed by atoms with E-state index in [9.17, 15) is 4.79 Å². The van der Waals surface area contributed by atoms with Gasteiger partial charge in [0.05, 0.1) is 12.7 Å². The van der Waals surface area contributed by atoms with Crippen LogP contribution in [0.3, 0.4) is 0 Å². The van der Waals surface area contributed by atoms with Crippen molar-refractivity contribution in [3.8, 4) is 0 Å². The van der Waals surface area contributed by atoms with Gasteiger partial charge in [0.2, 0.25) is 5.91 Å². The van der Waals surface area contributed by atoms with E-state index in [0.29, 0.717) is 6.61 Å². The van der Waals surface area contributed by atoms with Crippen LogP contribution in [0.1, 0.15) is 39.0 Å². The fraction of sp³-hybridized carbons (Fsp3) is 0.944. The van der Waals surface area contributed by atoms with Gasteiger partial charge in [-0.05, 0) is 12.8 Å². The summed E-state index contributed by atoms with van der Waals surface area (Å²) in [6, 6.07) is -0.373. The molecular weight excluding hydrogens is 326 g/mol. The van der Waals surface area contributed by atoms with Crippen molar-refractivity contribution in [2.45, 2.75) is 75.8 Å². The van der Waals surface area contributed by atoms with Crippen LogP contribution in [0, 0.1) is 0 Å². The van der Waals surface area contributed by atoms with Gasteiger partial charge in [0.1, 0.15) is 24.4 Å². The number of amides is 1. The van der Waals surface area contributed by atoms with Gasteiger partial charge >= 0.3 is 0 Å². The molecule has 1 heterocycles. The van der Waals surface area contributed by atoms with E-state index in [4.69, 9.17) is 23.7 Å². The van der Waals surface area contributed by atoms with Gasteiger partial charge in [-0.1, -0.05) is 19.3 Å². The highest BCUT2D eigenvalue weighted by atomic mass is 16.7. The van der Waals surface area contributed by atoms with Gasteiger partial charge in [0.15, 0.2) is 6.29 Å². The van der Waals surface area contributed by atoms with Crippen LogP contribution < -0.4 is 0 Å². The lowest BCUT2D eigenvalue weighted by molar-refractivity contribution is -0.303. The van der Waals surface area contributed by atoms with Gasteiger partial charge in [-0.15, -0.1) is 0 Å². The Hall–Kier alpha value is -0.730. The Bertz CT molecular complexity index is 414. The number of hydrogen-bond donors (Lipinski definition) is 0. The van der Waals surface area contributed by atoms with E-state index < -0.39 is 6.29 Å². The van der Waals surface area contributed by atoms with Crippen molar-refractivity contribution in [2.75, 3.05) is 35.0 Å². The van der Waals surface area contributed by atoms with Crippen molar-refractivity contribution >= 4 is 5.91 Å². The maximum Gasteiger partial charge on any atom is 0.219 e. The van der Waals surface area contributed by atoms with Crippen LogP contribution in [0.2, 0.25) is 0 Å². The average molecular weight is 359 g/mol. The summed E-state index contributed by atoms with van der Waals surface area (Å²) in [5.74, 6) is -0.0621. The molecule has 0 aromatic heterocycles. The lowest BCUT2D eigenvalue weighted by Crippen LogP contribution is -2.66. The van der Waals surface area contributed by atoms with E-state index in [-0.39, 0.29) is 36.4 Å². The summed E-state index contributed by atoms with van der Waals surface area (Å²) in [5.41, 5.74) is 0. The molecule has 1 saturated heterocycles. The summed E-state index contributed by atoms with van der Waals surface area (Å²) in [6.07, 6.45) is 4.21. The lowest BCUT2D eigenvalue weighted by atomic mass is 9.94. The molecule has 5 atom stereocenters. The van der Waals surface area contributed by atoms with Crippen molar-refractivity contribution in [2.24, 2.45) is 0 Å². The highest BCUT2D eigenvalue weighted by Crippen LogP contribution is 2.32. The quantitative estimate of drug-likeness (QED) is 0.688. The summed E-state index contributed by atoms with van der Waals surface area (Å²) in [7, 11) is 6.63.